The number of hydrogen-bond acceptors (Lipinski definition) is 16. The van der Waals surface area contributed by atoms with E-state index < -0.39 is 97.2 Å². The van der Waals surface area contributed by atoms with E-state index in [0.29, 0.717) is 0 Å². The Balaban J connectivity index is 1.06. The molecule has 0 spiro atoms. The van der Waals surface area contributed by atoms with E-state index in [1.54, 1.807) is 0 Å². The summed E-state index contributed by atoms with van der Waals surface area (Å²) in [4.78, 5) is 27.5. The van der Waals surface area contributed by atoms with E-state index in [-0.39, 0.29) is 65.4 Å². The van der Waals surface area contributed by atoms with Gasteiger partial charge in [0.25, 0.3) is 0 Å². The van der Waals surface area contributed by atoms with Crippen LogP contribution in [-0.4, -0.2) is 123 Å². The predicted octanol–water partition coefficient (Wildman–Crippen LogP) is 11.1. The largest absolute Gasteiger partial charge is 0.454 e. The number of hydrogen-bond donors (Lipinski definition) is 1. The minimum atomic E-state index is -1.42. The van der Waals surface area contributed by atoms with Crippen molar-refractivity contribution in [3.8, 4) is 0 Å². The van der Waals surface area contributed by atoms with Crippen LogP contribution in [0.4, 0.5) is 0 Å². The van der Waals surface area contributed by atoms with Gasteiger partial charge >= 0.3 is 5.97 Å². The molecule has 17 heteroatoms. The Bertz CT molecular complexity index is 3150. The minimum Gasteiger partial charge on any atom is -0.454 e. The molecule has 15 atom stereocenters. The zero-order valence-corrected chi connectivity index (χ0v) is 51.6. The number of nitrogens with one attached hydrogen (secondary N) is 1. The molecular formula is C72H81NO15S. The van der Waals surface area contributed by atoms with Crippen molar-refractivity contribution < 1.29 is 71.2 Å². The summed E-state index contributed by atoms with van der Waals surface area (Å²) < 4.78 is 90.8. The zero-order chi connectivity index (χ0) is 61.6. The monoisotopic (exact) mass is 1230 g/mol. The first-order valence-electron chi connectivity index (χ1n) is 30.4. The van der Waals surface area contributed by atoms with Crippen LogP contribution in [0.15, 0.2) is 212 Å². The van der Waals surface area contributed by atoms with E-state index in [4.69, 9.17) is 61.6 Å². The molecule has 89 heavy (non-hydrogen) atoms. The highest BCUT2D eigenvalue weighted by Gasteiger charge is 2.57. The summed E-state index contributed by atoms with van der Waals surface area (Å²) in [5.41, 5.74) is 5.72. The number of amides is 1. The van der Waals surface area contributed by atoms with Crippen LogP contribution in [0, 0.1) is 0 Å². The molecule has 10 rings (SSSR count). The summed E-state index contributed by atoms with van der Waals surface area (Å²) in [5, 5.41) is 3.19. The zero-order valence-electron chi connectivity index (χ0n) is 50.8. The molecule has 0 unspecified atom stereocenters. The molecule has 7 aromatic carbocycles. The topological polar surface area (TPSA) is 166 Å². The van der Waals surface area contributed by atoms with E-state index >= 15 is 0 Å². The third-order valence-electron chi connectivity index (χ3n) is 15.7. The van der Waals surface area contributed by atoms with Gasteiger partial charge in [0.1, 0.15) is 60.4 Å². The highest BCUT2D eigenvalue weighted by atomic mass is 32.2. The van der Waals surface area contributed by atoms with Gasteiger partial charge in [-0.25, -0.2) is 0 Å². The van der Waals surface area contributed by atoms with Crippen LogP contribution in [0.5, 0.6) is 0 Å². The molecule has 1 amide bonds. The first kappa shape index (κ1) is 65.3. The third kappa shape index (κ3) is 19.0. The number of thioether (sulfide) groups is 1. The van der Waals surface area contributed by atoms with Crippen LogP contribution in [0.2, 0.25) is 0 Å². The molecule has 0 saturated carbocycles. The second kappa shape index (κ2) is 34.0. The van der Waals surface area contributed by atoms with Crippen LogP contribution >= 0.6 is 11.8 Å². The second-order valence-electron chi connectivity index (χ2n) is 22.3. The van der Waals surface area contributed by atoms with E-state index in [1.165, 1.54) is 25.6 Å². The van der Waals surface area contributed by atoms with Crippen LogP contribution in [0.3, 0.4) is 0 Å². The number of carbonyl (C=O) groups excluding carboxylic acids is 2. The van der Waals surface area contributed by atoms with Crippen molar-refractivity contribution in [2.75, 3.05) is 19.5 Å². The highest BCUT2D eigenvalue weighted by molar-refractivity contribution is 7.99. The summed E-state index contributed by atoms with van der Waals surface area (Å²) in [6.45, 7) is 6.06. The normalized spacial score (nSPS) is 26.9. The highest BCUT2D eigenvalue weighted by Crippen LogP contribution is 2.40. The van der Waals surface area contributed by atoms with Gasteiger partial charge in [-0.2, -0.15) is 0 Å². The predicted molar refractivity (Wildman–Crippen MR) is 335 cm³/mol. The van der Waals surface area contributed by atoms with Crippen molar-refractivity contribution in [3.05, 3.63) is 251 Å². The lowest BCUT2D eigenvalue weighted by atomic mass is 9.94. The van der Waals surface area contributed by atoms with E-state index in [0.717, 1.165) is 38.9 Å². The maximum atomic E-state index is 13.7. The molecule has 0 aromatic heterocycles. The summed E-state index contributed by atoms with van der Waals surface area (Å²) in [6, 6.07) is 67.9. The van der Waals surface area contributed by atoms with Crippen molar-refractivity contribution >= 4 is 23.6 Å². The second-order valence-corrected chi connectivity index (χ2v) is 23.3. The molecule has 3 fully saturated rings. The average molecular weight is 1230 g/mol. The van der Waals surface area contributed by atoms with Crippen molar-refractivity contribution in [2.45, 2.75) is 158 Å². The van der Waals surface area contributed by atoms with Crippen LogP contribution in [-0.2, 0) is 117 Å². The number of esters is 1. The Morgan fingerprint density at radius 3 is 1.12 bits per heavy atom. The molecule has 470 valence electrons. The van der Waals surface area contributed by atoms with Gasteiger partial charge in [0, 0.05) is 13.8 Å². The Labute approximate surface area is 526 Å². The maximum Gasteiger partial charge on any atom is 0.303 e. The molecule has 3 heterocycles. The fourth-order valence-electron chi connectivity index (χ4n) is 11.3. The smallest absolute Gasteiger partial charge is 0.303 e. The Hall–Kier alpha value is -6.65. The van der Waals surface area contributed by atoms with Gasteiger partial charge in [-0.1, -0.05) is 212 Å². The fourth-order valence-corrected chi connectivity index (χ4v) is 12.1. The molecule has 3 aliphatic heterocycles. The Morgan fingerprint density at radius 1 is 0.393 bits per heavy atom. The number of carbonyl (C=O) groups is 2. The number of rotatable bonds is 30. The quantitative estimate of drug-likeness (QED) is 0.0422. The van der Waals surface area contributed by atoms with Crippen molar-refractivity contribution in [1.82, 2.24) is 5.32 Å². The van der Waals surface area contributed by atoms with E-state index in [9.17, 15) is 9.59 Å². The molecule has 1 N–H and O–H groups in total. The molecule has 3 aliphatic rings. The standard InChI is InChI=1S/C72H81NO15S/c1-49-62(78-42-54-30-16-7-17-31-54)66(80-44-56-34-20-9-21-35-56)68(82-46-58-38-24-11-25-39-58)70(83-49)88-65-61(73-50(2)74)72(89-4)86-60(48-77-41-53-28-14-6-15-29-53)64(65)87-71-69(84-51(3)75)67(81-45-57-36-22-10-23-37-57)63(79-43-55-32-18-8-19-33-55)59(85-71)47-76-40-52-26-12-5-13-27-52/h5-39,49,59-72H,40-48H2,1-4H3,(H,73,74)/t49-,59+,60+,61+,62+,63-,64+,65+,66+,67-,68-,69+,70-,71-,72-/m0/s1. The molecule has 3 saturated heterocycles. The summed E-state index contributed by atoms with van der Waals surface area (Å²) in [5.74, 6) is -0.976. The molecule has 0 bridgehead atoms. The Morgan fingerprint density at radius 2 is 0.730 bits per heavy atom. The summed E-state index contributed by atoms with van der Waals surface area (Å²) in [7, 11) is 0. The van der Waals surface area contributed by atoms with Crippen molar-refractivity contribution in [2.24, 2.45) is 0 Å². The SMILES string of the molecule is CS[C@@H]1O[C@H](COCc2ccccc2)[C@@H](O[C@@H]2O[C@H](COCc3ccccc3)[C@H](OCc3ccccc3)[C@H](OCc3ccccc3)[C@H]2OC(C)=O)[C@H](O[C@@H]2O[C@@H](C)[C@@H](OCc3ccccc3)[C@@H](OCc3ccccc3)[C@@H]2OCc2ccccc2)[C@H]1NC(C)=O. The van der Waals surface area contributed by atoms with Gasteiger partial charge in [-0.3, -0.25) is 9.59 Å². The minimum absolute atomic E-state index is 0.00604. The van der Waals surface area contributed by atoms with Gasteiger partial charge in [-0.15, -0.1) is 11.8 Å². The summed E-state index contributed by atoms with van der Waals surface area (Å²) in [6.07, 6.45) is -11.2. The van der Waals surface area contributed by atoms with Crippen LogP contribution in [0.1, 0.15) is 59.7 Å². The fraction of sp³-hybridized carbons (Fsp3) is 0.389. The lowest BCUT2D eigenvalue weighted by molar-refractivity contribution is -0.369. The van der Waals surface area contributed by atoms with Gasteiger partial charge < -0.3 is 66.9 Å². The van der Waals surface area contributed by atoms with E-state index in [1.807, 2.05) is 226 Å². The van der Waals surface area contributed by atoms with Gasteiger partial charge in [0.15, 0.2) is 18.7 Å². The van der Waals surface area contributed by atoms with Gasteiger partial charge in [-0.05, 0) is 52.1 Å². The van der Waals surface area contributed by atoms with Crippen LogP contribution in [0.25, 0.3) is 0 Å². The number of benzene rings is 7. The Kier molecular flexibility index (Phi) is 24.9. The average Bonchev–Trinajstić information content (AvgIpc) is 1.72. The molecular weight excluding hydrogens is 1150 g/mol. The maximum absolute atomic E-state index is 13.7. The lowest BCUT2D eigenvalue weighted by Gasteiger charge is -2.52. The van der Waals surface area contributed by atoms with Crippen molar-refractivity contribution in [1.29, 1.82) is 0 Å². The molecule has 7 aromatic rings. The molecule has 0 aliphatic carbocycles. The summed E-state index contributed by atoms with van der Waals surface area (Å²) >= 11 is 1.39. The van der Waals surface area contributed by atoms with E-state index in [2.05, 4.69) is 5.32 Å². The molecule has 0 radical (unpaired) electrons. The first-order valence-corrected chi connectivity index (χ1v) is 31.7. The lowest BCUT2D eigenvalue weighted by Crippen LogP contribution is -2.69. The first-order chi connectivity index (χ1) is 43.6. The van der Waals surface area contributed by atoms with Crippen LogP contribution < -0.4 is 5.32 Å². The molecule has 16 nitrogen and oxygen atoms in total. The third-order valence-corrected chi connectivity index (χ3v) is 16.5. The van der Waals surface area contributed by atoms with Gasteiger partial charge in [0.2, 0.25) is 5.91 Å². The van der Waals surface area contributed by atoms with Gasteiger partial charge in [0.05, 0.1) is 71.6 Å². The van der Waals surface area contributed by atoms with Crippen molar-refractivity contribution in [3.63, 3.8) is 0 Å². The number of ether oxygens (including phenoxy) is 13.